The van der Waals surface area contributed by atoms with Gasteiger partial charge in [-0.05, 0) is 43.3 Å². The van der Waals surface area contributed by atoms with Crippen molar-refractivity contribution >= 4 is 5.91 Å². The molecular weight excluding hydrogens is 321 g/mol. The van der Waals surface area contributed by atoms with Crippen molar-refractivity contribution in [3.05, 3.63) is 77.3 Å². The molecule has 1 heterocycles. The van der Waals surface area contributed by atoms with Gasteiger partial charge in [0, 0.05) is 17.7 Å². The zero-order valence-corrected chi connectivity index (χ0v) is 14.0. The molecule has 0 aliphatic carbocycles. The molecule has 0 unspecified atom stereocenters. The Kier molecular flexibility index (Phi) is 4.84. The molecule has 0 saturated heterocycles. The zero-order valence-electron chi connectivity index (χ0n) is 14.0. The van der Waals surface area contributed by atoms with E-state index in [2.05, 4.69) is 5.32 Å². The number of benzene rings is 2. The number of para-hydroxylation sites is 1. The van der Waals surface area contributed by atoms with Gasteiger partial charge in [0.1, 0.15) is 23.1 Å². The van der Waals surface area contributed by atoms with Gasteiger partial charge in [0.15, 0.2) is 0 Å². The van der Waals surface area contributed by atoms with Crippen LogP contribution in [0.2, 0.25) is 0 Å². The SMILES string of the molecule is COc1ccccc1CNC(=O)c1cc(-c2ccc(F)cc2)oc1C. The lowest BCUT2D eigenvalue weighted by atomic mass is 10.1. The molecule has 0 spiro atoms. The average molecular weight is 339 g/mol. The molecule has 1 N–H and O–H groups in total. The van der Waals surface area contributed by atoms with Gasteiger partial charge in [-0.25, -0.2) is 4.39 Å². The molecule has 2 aromatic carbocycles. The lowest BCUT2D eigenvalue weighted by molar-refractivity contribution is 0.0949. The van der Waals surface area contributed by atoms with Crippen LogP contribution < -0.4 is 10.1 Å². The summed E-state index contributed by atoms with van der Waals surface area (Å²) in [5.74, 6) is 1.21. The first-order valence-corrected chi connectivity index (χ1v) is 7.85. The largest absolute Gasteiger partial charge is 0.496 e. The Hall–Kier alpha value is -3.08. The van der Waals surface area contributed by atoms with E-state index in [1.165, 1.54) is 12.1 Å². The Bertz CT molecular complexity index is 884. The molecule has 4 nitrogen and oxygen atoms in total. The maximum absolute atomic E-state index is 13.0. The summed E-state index contributed by atoms with van der Waals surface area (Å²) in [6, 6.07) is 15.1. The normalized spacial score (nSPS) is 10.5. The molecular formula is C20H18FNO3. The molecule has 3 rings (SSSR count). The van der Waals surface area contributed by atoms with Gasteiger partial charge < -0.3 is 14.5 Å². The van der Waals surface area contributed by atoms with Gasteiger partial charge in [0.25, 0.3) is 5.91 Å². The quantitative estimate of drug-likeness (QED) is 0.752. The van der Waals surface area contributed by atoms with Crippen LogP contribution in [-0.2, 0) is 6.54 Å². The fourth-order valence-corrected chi connectivity index (χ4v) is 2.58. The number of carbonyl (C=O) groups excluding carboxylic acids is 1. The summed E-state index contributed by atoms with van der Waals surface area (Å²) in [6.07, 6.45) is 0. The predicted octanol–water partition coefficient (Wildman–Crippen LogP) is 4.33. The fraction of sp³-hybridized carbons (Fsp3) is 0.150. The van der Waals surface area contributed by atoms with Crippen molar-refractivity contribution in [2.45, 2.75) is 13.5 Å². The third-order valence-electron chi connectivity index (χ3n) is 3.92. The van der Waals surface area contributed by atoms with Crippen molar-refractivity contribution in [3.63, 3.8) is 0 Å². The highest BCUT2D eigenvalue weighted by atomic mass is 19.1. The van der Waals surface area contributed by atoms with E-state index in [0.717, 1.165) is 11.3 Å². The molecule has 0 radical (unpaired) electrons. The van der Waals surface area contributed by atoms with Crippen molar-refractivity contribution in [2.24, 2.45) is 0 Å². The summed E-state index contributed by atoms with van der Waals surface area (Å²) in [5, 5.41) is 2.87. The van der Waals surface area contributed by atoms with Gasteiger partial charge in [-0.1, -0.05) is 18.2 Å². The van der Waals surface area contributed by atoms with Crippen molar-refractivity contribution in [2.75, 3.05) is 7.11 Å². The van der Waals surface area contributed by atoms with E-state index in [9.17, 15) is 9.18 Å². The Morgan fingerprint density at radius 2 is 1.88 bits per heavy atom. The second kappa shape index (κ2) is 7.21. The summed E-state index contributed by atoms with van der Waals surface area (Å²) in [7, 11) is 1.59. The molecule has 0 aliphatic heterocycles. The number of methoxy groups -OCH3 is 1. The Morgan fingerprint density at radius 1 is 1.16 bits per heavy atom. The number of nitrogens with one attached hydrogen (secondary N) is 1. The smallest absolute Gasteiger partial charge is 0.255 e. The monoisotopic (exact) mass is 339 g/mol. The van der Waals surface area contributed by atoms with Crippen LogP contribution in [0.5, 0.6) is 5.75 Å². The molecule has 128 valence electrons. The van der Waals surface area contributed by atoms with Crippen LogP contribution in [0.15, 0.2) is 59.0 Å². The minimum absolute atomic E-state index is 0.236. The van der Waals surface area contributed by atoms with Gasteiger partial charge in [0.2, 0.25) is 0 Å². The lowest BCUT2D eigenvalue weighted by Crippen LogP contribution is -2.23. The van der Waals surface area contributed by atoms with Crippen LogP contribution in [0.1, 0.15) is 21.7 Å². The summed E-state index contributed by atoms with van der Waals surface area (Å²) in [4.78, 5) is 12.5. The van der Waals surface area contributed by atoms with Crippen LogP contribution in [0, 0.1) is 12.7 Å². The highest BCUT2D eigenvalue weighted by Gasteiger charge is 2.16. The van der Waals surface area contributed by atoms with Gasteiger partial charge in [-0.3, -0.25) is 4.79 Å². The number of halogens is 1. The number of hydrogen-bond donors (Lipinski definition) is 1. The maximum atomic E-state index is 13.0. The summed E-state index contributed by atoms with van der Waals surface area (Å²) < 4.78 is 24.0. The van der Waals surface area contributed by atoms with Gasteiger partial charge in [0.05, 0.1) is 12.7 Å². The van der Waals surface area contributed by atoms with Crippen LogP contribution >= 0.6 is 0 Å². The van der Waals surface area contributed by atoms with Crippen LogP contribution in [0.3, 0.4) is 0 Å². The molecule has 0 atom stereocenters. The molecule has 0 fully saturated rings. The molecule has 1 amide bonds. The van der Waals surface area contributed by atoms with E-state index in [4.69, 9.17) is 9.15 Å². The highest BCUT2D eigenvalue weighted by molar-refractivity contribution is 5.96. The van der Waals surface area contributed by atoms with Crippen LogP contribution in [0.4, 0.5) is 4.39 Å². The van der Waals surface area contributed by atoms with Gasteiger partial charge in [-0.2, -0.15) is 0 Å². The van der Waals surface area contributed by atoms with Gasteiger partial charge >= 0.3 is 0 Å². The predicted molar refractivity (Wildman–Crippen MR) is 93.0 cm³/mol. The van der Waals surface area contributed by atoms with Crippen molar-refractivity contribution in [1.29, 1.82) is 0 Å². The van der Waals surface area contributed by atoms with Crippen molar-refractivity contribution in [3.8, 4) is 17.1 Å². The van der Waals surface area contributed by atoms with Crippen LogP contribution in [0.25, 0.3) is 11.3 Å². The standard InChI is InChI=1S/C20H18FNO3/c1-13-17(11-19(25-13)14-7-9-16(21)10-8-14)20(23)22-12-15-5-3-4-6-18(15)24-2/h3-11H,12H2,1-2H3,(H,22,23). The number of ether oxygens (including phenoxy) is 1. The molecule has 1 aromatic heterocycles. The summed E-state index contributed by atoms with van der Waals surface area (Å²) in [6.45, 7) is 2.07. The van der Waals surface area contributed by atoms with E-state index >= 15 is 0 Å². The second-order valence-corrected chi connectivity index (χ2v) is 5.58. The lowest BCUT2D eigenvalue weighted by Gasteiger charge is -2.09. The van der Waals surface area contributed by atoms with Crippen molar-refractivity contribution < 1.29 is 18.3 Å². The third-order valence-corrected chi connectivity index (χ3v) is 3.92. The molecule has 25 heavy (non-hydrogen) atoms. The second-order valence-electron chi connectivity index (χ2n) is 5.58. The Balaban J connectivity index is 1.75. The maximum Gasteiger partial charge on any atom is 0.255 e. The van der Waals surface area contributed by atoms with E-state index in [1.807, 2.05) is 24.3 Å². The Morgan fingerprint density at radius 3 is 2.60 bits per heavy atom. The number of hydrogen-bond acceptors (Lipinski definition) is 3. The number of carbonyl (C=O) groups is 1. The fourth-order valence-electron chi connectivity index (χ4n) is 2.58. The van der Waals surface area contributed by atoms with E-state index < -0.39 is 0 Å². The third kappa shape index (κ3) is 3.71. The Labute approximate surface area is 145 Å². The molecule has 5 heteroatoms. The molecule has 0 saturated carbocycles. The minimum Gasteiger partial charge on any atom is -0.496 e. The van der Waals surface area contributed by atoms with Gasteiger partial charge in [-0.15, -0.1) is 0 Å². The van der Waals surface area contributed by atoms with E-state index in [0.29, 0.717) is 29.2 Å². The topological polar surface area (TPSA) is 51.5 Å². The van der Waals surface area contributed by atoms with Crippen molar-refractivity contribution in [1.82, 2.24) is 5.32 Å². The first kappa shape index (κ1) is 16.8. The first-order valence-electron chi connectivity index (χ1n) is 7.85. The highest BCUT2D eigenvalue weighted by Crippen LogP contribution is 2.26. The molecule has 3 aromatic rings. The number of amides is 1. The minimum atomic E-state index is -0.318. The number of rotatable bonds is 5. The van der Waals surface area contributed by atoms with Crippen LogP contribution in [-0.4, -0.2) is 13.0 Å². The molecule has 0 aliphatic rings. The van der Waals surface area contributed by atoms with E-state index in [1.54, 1.807) is 32.2 Å². The summed E-state index contributed by atoms with van der Waals surface area (Å²) in [5.41, 5.74) is 2.06. The first-order chi connectivity index (χ1) is 12.1. The average Bonchev–Trinajstić information content (AvgIpc) is 3.02. The molecule has 0 bridgehead atoms. The number of aryl methyl sites for hydroxylation is 1. The number of furan rings is 1. The summed E-state index contributed by atoms with van der Waals surface area (Å²) >= 11 is 0. The zero-order chi connectivity index (χ0) is 17.8. The van der Waals surface area contributed by atoms with E-state index in [-0.39, 0.29) is 11.7 Å².